The number of carbonyl (C=O) groups excluding carboxylic acids is 1. The summed E-state index contributed by atoms with van der Waals surface area (Å²) < 4.78 is 0.523. The van der Waals surface area contributed by atoms with Crippen LogP contribution in [0.3, 0.4) is 0 Å². The van der Waals surface area contributed by atoms with E-state index in [0.717, 1.165) is 12.8 Å². The zero-order chi connectivity index (χ0) is 14.7. The van der Waals surface area contributed by atoms with Crippen LogP contribution in [-0.4, -0.2) is 39.6 Å². The maximum Gasteiger partial charge on any atom is 0.305 e. The molecule has 0 aliphatic carbocycles. The Hall–Kier alpha value is -1.56. The molecule has 2 rings (SSSR count). The second kappa shape index (κ2) is 6.26. The molecule has 1 saturated heterocycles. The van der Waals surface area contributed by atoms with Gasteiger partial charge < -0.3 is 15.1 Å². The molecule has 1 atom stereocenters. The molecule has 5 nitrogen and oxygen atoms in total. The van der Waals surface area contributed by atoms with Gasteiger partial charge in [-0.3, -0.25) is 9.59 Å². The zero-order valence-electron chi connectivity index (χ0n) is 10.9. The highest BCUT2D eigenvalue weighted by atomic mass is 79.9. The Bertz CT molecular complexity index is 532. The van der Waals surface area contributed by atoms with Gasteiger partial charge in [0.25, 0.3) is 5.91 Å². The molecule has 1 aromatic carbocycles. The number of nitrogens with zero attached hydrogens (tertiary/aromatic N) is 1. The molecule has 20 heavy (non-hydrogen) atoms. The van der Waals surface area contributed by atoms with E-state index >= 15 is 0 Å². The summed E-state index contributed by atoms with van der Waals surface area (Å²) in [7, 11) is 0. The van der Waals surface area contributed by atoms with Crippen molar-refractivity contribution in [2.24, 2.45) is 0 Å². The minimum Gasteiger partial charge on any atom is -0.507 e. The summed E-state index contributed by atoms with van der Waals surface area (Å²) in [5, 5.41) is 18.6. The van der Waals surface area contributed by atoms with E-state index in [0.29, 0.717) is 23.0 Å². The molecular weight excluding hydrogens is 326 g/mol. The van der Waals surface area contributed by atoms with Crippen LogP contribution in [0.4, 0.5) is 0 Å². The number of phenolic OH excluding ortho intramolecular Hbond substituents is 1. The Morgan fingerprint density at radius 2 is 2.10 bits per heavy atom. The molecule has 1 aliphatic rings. The number of hydrogen-bond acceptors (Lipinski definition) is 3. The van der Waals surface area contributed by atoms with Crippen molar-refractivity contribution in [3.8, 4) is 5.75 Å². The maximum absolute atomic E-state index is 12.5. The number of hydrogen-bond donors (Lipinski definition) is 2. The predicted molar refractivity (Wildman–Crippen MR) is 76.7 cm³/mol. The Morgan fingerprint density at radius 1 is 1.35 bits per heavy atom. The number of likely N-dealkylation sites (tertiary alicyclic amines) is 1. The first-order valence-corrected chi connectivity index (χ1v) is 7.29. The van der Waals surface area contributed by atoms with Crippen molar-refractivity contribution in [3.05, 3.63) is 28.2 Å². The van der Waals surface area contributed by atoms with Crippen molar-refractivity contribution in [1.82, 2.24) is 4.90 Å². The quantitative estimate of drug-likeness (QED) is 0.885. The van der Waals surface area contributed by atoms with E-state index in [9.17, 15) is 14.7 Å². The summed E-state index contributed by atoms with van der Waals surface area (Å²) in [4.78, 5) is 25.0. The Morgan fingerprint density at radius 3 is 2.75 bits per heavy atom. The van der Waals surface area contributed by atoms with Crippen LogP contribution < -0.4 is 0 Å². The minimum absolute atomic E-state index is 0.00245. The summed E-state index contributed by atoms with van der Waals surface area (Å²) in [5.41, 5.74) is 0.378. The van der Waals surface area contributed by atoms with Gasteiger partial charge in [0, 0.05) is 18.2 Å². The normalized spacial score (nSPS) is 18.9. The first-order valence-electron chi connectivity index (χ1n) is 6.50. The molecule has 1 aliphatic heterocycles. The average Bonchev–Trinajstić information content (AvgIpc) is 2.41. The highest BCUT2D eigenvalue weighted by Gasteiger charge is 2.29. The molecule has 0 aromatic heterocycles. The molecule has 0 spiro atoms. The average molecular weight is 342 g/mol. The first-order chi connectivity index (χ1) is 9.49. The molecule has 1 aromatic rings. The molecule has 1 unspecified atom stereocenters. The number of carbonyl (C=O) groups is 2. The van der Waals surface area contributed by atoms with E-state index in [1.165, 1.54) is 6.07 Å². The standard InChI is InChI=1S/C14H16BrNO4/c15-11-5-4-9(7-12(11)17)14(20)16-6-2-1-3-10(16)8-13(18)19/h4-5,7,10,17H,1-3,6,8H2,(H,18,19). The highest BCUT2D eigenvalue weighted by Crippen LogP contribution is 2.27. The number of rotatable bonds is 3. The molecule has 2 N–H and O–H groups in total. The molecule has 0 radical (unpaired) electrons. The number of aromatic hydroxyl groups is 1. The SMILES string of the molecule is O=C(O)CC1CCCCN1C(=O)c1ccc(Br)c(O)c1. The lowest BCUT2D eigenvalue weighted by Gasteiger charge is -2.35. The third-order valence-corrected chi connectivity index (χ3v) is 4.16. The van der Waals surface area contributed by atoms with Crippen LogP contribution >= 0.6 is 15.9 Å². The van der Waals surface area contributed by atoms with Crippen molar-refractivity contribution in [3.63, 3.8) is 0 Å². The first kappa shape index (κ1) is 14.8. The van der Waals surface area contributed by atoms with Gasteiger partial charge in [-0.05, 0) is 53.4 Å². The zero-order valence-corrected chi connectivity index (χ0v) is 12.5. The van der Waals surface area contributed by atoms with E-state index < -0.39 is 5.97 Å². The van der Waals surface area contributed by atoms with E-state index in [-0.39, 0.29) is 24.1 Å². The van der Waals surface area contributed by atoms with E-state index in [1.54, 1.807) is 17.0 Å². The third kappa shape index (κ3) is 3.30. The summed E-state index contributed by atoms with van der Waals surface area (Å²) in [6.45, 7) is 0.563. The fourth-order valence-electron chi connectivity index (χ4n) is 2.49. The van der Waals surface area contributed by atoms with Gasteiger partial charge in [0.05, 0.1) is 10.9 Å². The van der Waals surface area contributed by atoms with Gasteiger partial charge in [-0.1, -0.05) is 0 Å². The second-order valence-corrected chi connectivity index (χ2v) is 5.77. The second-order valence-electron chi connectivity index (χ2n) is 4.91. The fourth-order valence-corrected chi connectivity index (χ4v) is 2.74. The Balaban J connectivity index is 2.20. The van der Waals surface area contributed by atoms with E-state index in [2.05, 4.69) is 15.9 Å². The van der Waals surface area contributed by atoms with Gasteiger partial charge in [-0.25, -0.2) is 0 Å². The topological polar surface area (TPSA) is 77.8 Å². The van der Waals surface area contributed by atoms with Crippen LogP contribution in [0.15, 0.2) is 22.7 Å². The van der Waals surface area contributed by atoms with Gasteiger partial charge in [-0.15, -0.1) is 0 Å². The number of amides is 1. The van der Waals surface area contributed by atoms with E-state index in [1.807, 2.05) is 0 Å². The number of piperidine rings is 1. The molecule has 6 heteroatoms. The highest BCUT2D eigenvalue weighted by molar-refractivity contribution is 9.10. The van der Waals surface area contributed by atoms with E-state index in [4.69, 9.17) is 5.11 Å². The predicted octanol–water partition coefficient (Wildman–Crippen LogP) is 2.62. The van der Waals surface area contributed by atoms with Crippen LogP contribution in [0.25, 0.3) is 0 Å². The molecule has 1 amide bonds. The van der Waals surface area contributed by atoms with Crippen LogP contribution in [0.2, 0.25) is 0 Å². The molecule has 1 fully saturated rings. The number of carboxylic acid groups (broad SMARTS) is 1. The Labute approximate surface area is 125 Å². The van der Waals surface area contributed by atoms with Crippen LogP contribution in [-0.2, 0) is 4.79 Å². The Kier molecular flexibility index (Phi) is 4.65. The van der Waals surface area contributed by atoms with Crippen molar-refractivity contribution in [2.45, 2.75) is 31.7 Å². The number of aliphatic carboxylic acids is 1. The summed E-state index contributed by atoms with van der Waals surface area (Å²) >= 11 is 3.17. The van der Waals surface area contributed by atoms with Crippen LogP contribution in [0.1, 0.15) is 36.0 Å². The molecule has 108 valence electrons. The van der Waals surface area contributed by atoms with Crippen LogP contribution in [0, 0.1) is 0 Å². The lowest BCUT2D eigenvalue weighted by Crippen LogP contribution is -2.44. The largest absolute Gasteiger partial charge is 0.507 e. The lowest BCUT2D eigenvalue weighted by molar-refractivity contribution is -0.138. The van der Waals surface area contributed by atoms with Crippen molar-refractivity contribution >= 4 is 27.8 Å². The molecule has 0 saturated carbocycles. The minimum atomic E-state index is -0.895. The molecular formula is C14H16BrNO4. The van der Waals surface area contributed by atoms with Crippen molar-refractivity contribution in [1.29, 1.82) is 0 Å². The maximum atomic E-state index is 12.5. The third-order valence-electron chi connectivity index (χ3n) is 3.49. The molecule has 1 heterocycles. The van der Waals surface area contributed by atoms with Crippen LogP contribution in [0.5, 0.6) is 5.75 Å². The van der Waals surface area contributed by atoms with Gasteiger partial charge in [0.15, 0.2) is 0 Å². The summed E-state index contributed by atoms with van der Waals surface area (Å²) in [6.07, 6.45) is 2.49. The van der Waals surface area contributed by atoms with Gasteiger partial charge >= 0.3 is 5.97 Å². The van der Waals surface area contributed by atoms with Crippen molar-refractivity contribution < 1.29 is 19.8 Å². The number of halogens is 1. The molecule has 0 bridgehead atoms. The smallest absolute Gasteiger partial charge is 0.305 e. The monoisotopic (exact) mass is 341 g/mol. The van der Waals surface area contributed by atoms with Gasteiger partial charge in [0.2, 0.25) is 0 Å². The van der Waals surface area contributed by atoms with Crippen molar-refractivity contribution in [2.75, 3.05) is 6.54 Å². The number of carboxylic acids is 1. The number of phenols is 1. The summed E-state index contributed by atoms with van der Waals surface area (Å²) in [6, 6.07) is 4.37. The lowest BCUT2D eigenvalue weighted by atomic mass is 9.98. The van der Waals surface area contributed by atoms with Gasteiger partial charge in [-0.2, -0.15) is 0 Å². The number of benzene rings is 1. The van der Waals surface area contributed by atoms with Gasteiger partial charge in [0.1, 0.15) is 5.75 Å². The summed E-state index contributed by atoms with van der Waals surface area (Å²) in [5.74, 6) is -1.12. The fraction of sp³-hybridized carbons (Fsp3) is 0.429.